The van der Waals surface area contributed by atoms with Crippen molar-refractivity contribution in [3.8, 4) is 0 Å². The third-order valence-corrected chi connectivity index (χ3v) is 8.59. The smallest absolute Gasteiger partial charge is 0.0701 e. The molecule has 0 aromatic heterocycles. The highest BCUT2D eigenvalue weighted by molar-refractivity contribution is 4.50. The van der Waals surface area contributed by atoms with Crippen molar-refractivity contribution in [1.29, 1.82) is 0 Å². The topological polar surface area (TPSA) is 92.3 Å². The molecule has 51 heavy (non-hydrogen) atoms. The zero-order valence-corrected chi connectivity index (χ0v) is 33.8. The third-order valence-electron chi connectivity index (χ3n) is 8.59. The van der Waals surface area contributed by atoms with E-state index in [0.29, 0.717) is 125 Å². The van der Waals surface area contributed by atoms with Crippen molar-refractivity contribution in [2.75, 3.05) is 132 Å². The Bertz CT molecular complexity index is 601. The van der Waals surface area contributed by atoms with Gasteiger partial charge in [-0.3, -0.25) is 0 Å². The number of rotatable bonds is 47. The molecule has 1 unspecified atom stereocenters. The molecule has 1 atom stereocenters. The fourth-order valence-electron chi connectivity index (χ4n) is 5.13. The molecule has 10 heteroatoms. The molecular weight excluding hydrogens is 652 g/mol. The molecule has 0 radical (unpaired) electrons. The second-order valence-corrected chi connectivity index (χ2v) is 13.4. The summed E-state index contributed by atoms with van der Waals surface area (Å²) in [5.41, 5.74) is 0. The van der Waals surface area contributed by atoms with Crippen molar-refractivity contribution < 1.29 is 47.4 Å². The van der Waals surface area contributed by atoms with Crippen LogP contribution in [-0.2, 0) is 47.4 Å². The molecule has 10 nitrogen and oxygen atoms in total. The number of ether oxygens (including phenoxy) is 10. The van der Waals surface area contributed by atoms with Crippen molar-refractivity contribution in [3.63, 3.8) is 0 Å². The van der Waals surface area contributed by atoms with Crippen LogP contribution in [0.4, 0.5) is 0 Å². The van der Waals surface area contributed by atoms with Gasteiger partial charge in [0.2, 0.25) is 0 Å². The summed E-state index contributed by atoms with van der Waals surface area (Å²) in [6.07, 6.45) is 23.4. The van der Waals surface area contributed by atoms with E-state index in [4.69, 9.17) is 47.4 Å². The number of hydrogen-bond donors (Lipinski definition) is 0. The summed E-state index contributed by atoms with van der Waals surface area (Å²) in [6, 6.07) is 0. The Labute approximate surface area is 314 Å². The van der Waals surface area contributed by atoms with E-state index >= 15 is 0 Å². The molecular formula is C41H84O10. The minimum atomic E-state index is 0.534. The van der Waals surface area contributed by atoms with E-state index in [1.165, 1.54) is 96.3 Å². The van der Waals surface area contributed by atoms with Gasteiger partial charge < -0.3 is 47.4 Å². The van der Waals surface area contributed by atoms with E-state index < -0.39 is 0 Å². The summed E-state index contributed by atoms with van der Waals surface area (Å²) >= 11 is 0. The van der Waals surface area contributed by atoms with E-state index in [2.05, 4.69) is 20.8 Å². The molecule has 0 heterocycles. The first-order valence-corrected chi connectivity index (χ1v) is 21.1. The van der Waals surface area contributed by atoms with Crippen LogP contribution in [0.25, 0.3) is 0 Å². The maximum atomic E-state index is 5.69. The molecule has 0 aromatic carbocycles. The van der Waals surface area contributed by atoms with Gasteiger partial charge in [-0.2, -0.15) is 0 Å². The highest BCUT2D eigenvalue weighted by atomic mass is 16.6. The average Bonchev–Trinajstić information content (AvgIpc) is 3.14. The van der Waals surface area contributed by atoms with Crippen LogP contribution in [0, 0.1) is 5.92 Å². The summed E-state index contributed by atoms with van der Waals surface area (Å²) < 4.78 is 55.4. The molecule has 0 aliphatic heterocycles. The lowest BCUT2D eigenvalue weighted by atomic mass is 10.0. The highest BCUT2D eigenvalue weighted by Crippen LogP contribution is 2.13. The van der Waals surface area contributed by atoms with Gasteiger partial charge in [-0.1, -0.05) is 124 Å². The maximum absolute atomic E-state index is 5.69. The third kappa shape index (κ3) is 47.6. The number of hydrogen-bond acceptors (Lipinski definition) is 10. The van der Waals surface area contributed by atoms with Gasteiger partial charge in [-0.25, -0.2) is 0 Å². The van der Waals surface area contributed by atoms with E-state index in [9.17, 15) is 0 Å². The van der Waals surface area contributed by atoms with Crippen molar-refractivity contribution in [2.24, 2.45) is 5.92 Å². The Morgan fingerprint density at radius 1 is 0.255 bits per heavy atom. The van der Waals surface area contributed by atoms with Crippen LogP contribution in [0.5, 0.6) is 0 Å². The lowest BCUT2D eigenvalue weighted by molar-refractivity contribution is -0.0268. The lowest BCUT2D eigenvalue weighted by Crippen LogP contribution is -2.15. The lowest BCUT2D eigenvalue weighted by Gasteiger charge is -2.10. The first-order valence-electron chi connectivity index (χ1n) is 21.1. The van der Waals surface area contributed by atoms with Crippen molar-refractivity contribution >= 4 is 0 Å². The van der Waals surface area contributed by atoms with Gasteiger partial charge in [-0.05, 0) is 12.3 Å². The Morgan fingerprint density at radius 2 is 0.471 bits per heavy atom. The fourth-order valence-corrected chi connectivity index (χ4v) is 5.13. The molecule has 0 saturated heterocycles. The number of unbranched alkanes of at least 4 members (excludes halogenated alkanes) is 15. The van der Waals surface area contributed by atoms with Crippen molar-refractivity contribution in [2.45, 2.75) is 130 Å². The van der Waals surface area contributed by atoms with E-state index in [1.54, 1.807) is 0 Å². The largest absolute Gasteiger partial charge is 0.379 e. The zero-order chi connectivity index (χ0) is 36.8. The summed E-state index contributed by atoms with van der Waals surface area (Å²) in [6.45, 7) is 18.5. The monoisotopic (exact) mass is 737 g/mol. The van der Waals surface area contributed by atoms with Gasteiger partial charge in [0, 0.05) is 13.2 Å². The highest BCUT2D eigenvalue weighted by Gasteiger charge is 1.99. The molecule has 0 aliphatic rings. The normalized spacial score (nSPS) is 12.3. The second-order valence-electron chi connectivity index (χ2n) is 13.4. The Morgan fingerprint density at radius 3 is 0.725 bits per heavy atom. The van der Waals surface area contributed by atoms with Crippen LogP contribution in [0.2, 0.25) is 0 Å². The first-order chi connectivity index (χ1) is 25.3. The summed E-state index contributed by atoms with van der Waals surface area (Å²) in [5.74, 6) is 0.602. The van der Waals surface area contributed by atoms with Crippen molar-refractivity contribution in [1.82, 2.24) is 0 Å². The minimum absolute atomic E-state index is 0.534. The molecule has 0 spiro atoms. The molecule has 308 valence electrons. The average molecular weight is 737 g/mol. The van der Waals surface area contributed by atoms with E-state index in [0.717, 1.165) is 26.1 Å². The Balaban J connectivity index is 3.05. The van der Waals surface area contributed by atoms with Gasteiger partial charge in [-0.15, -0.1) is 0 Å². The van der Waals surface area contributed by atoms with Gasteiger partial charge >= 0.3 is 0 Å². The molecule has 0 saturated carbocycles. The molecule has 0 bridgehead atoms. The van der Waals surface area contributed by atoms with Crippen LogP contribution in [0.3, 0.4) is 0 Å². The summed E-state index contributed by atoms with van der Waals surface area (Å²) in [7, 11) is 0. The Kier molecular flexibility index (Phi) is 47.2. The van der Waals surface area contributed by atoms with Gasteiger partial charge in [0.05, 0.1) is 119 Å². The van der Waals surface area contributed by atoms with Crippen LogP contribution in [0.1, 0.15) is 130 Å². The quantitative estimate of drug-likeness (QED) is 0.0567. The summed E-state index contributed by atoms with van der Waals surface area (Å²) in [5, 5.41) is 0. The van der Waals surface area contributed by atoms with E-state index in [1.807, 2.05) is 0 Å². The van der Waals surface area contributed by atoms with Crippen LogP contribution >= 0.6 is 0 Å². The zero-order valence-electron chi connectivity index (χ0n) is 33.8. The Hall–Kier alpha value is -0.400. The predicted octanol–water partition coefficient (Wildman–Crippen LogP) is 8.46. The second kappa shape index (κ2) is 47.6. The molecule has 0 fully saturated rings. The van der Waals surface area contributed by atoms with Crippen LogP contribution in [-0.4, -0.2) is 132 Å². The standard InChI is InChI=1S/C41H84O10/c1-4-6-7-8-9-10-11-12-13-14-15-16-17-18-19-20-21-42-22-23-43-24-25-44-26-27-45-28-29-46-30-31-47-32-33-48-34-35-49-36-37-50-38-39-51-40-41(3)5-2/h41H,4-40H2,1-3H3. The molecule has 0 aliphatic carbocycles. The molecule has 0 aromatic rings. The summed E-state index contributed by atoms with van der Waals surface area (Å²) in [4.78, 5) is 0. The van der Waals surface area contributed by atoms with Crippen LogP contribution < -0.4 is 0 Å². The van der Waals surface area contributed by atoms with Crippen LogP contribution in [0.15, 0.2) is 0 Å². The maximum Gasteiger partial charge on any atom is 0.0701 e. The van der Waals surface area contributed by atoms with Gasteiger partial charge in [0.15, 0.2) is 0 Å². The predicted molar refractivity (Wildman–Crippen MR) is 207 cm³/mol. The van der Waals surface area contributed by atoms with Gasteiger partial charge in [0.1, 0.15) is 0 Å². The van der Waals surface area contributed by atoms with Gasteiger partial charge in [0.25, 0.3) is 0 Å². The molecule has 0 amide bonds. The first kappa shape index (κ1) is 50.6. The van der Waals surface area contributed by atoms with Crippen molar-refractivity contribution in [3.05, 3.63) is 0 Å². The fraction of sp³-hybridized carbons (Fsp3) is 1.00. The molecule has 0 rings (SSSR count). The van der Waals surface area contributed by atoms with E-state index in [-0.39, 0.29) is 0 Å². The molecule has 0 N–H and O–H groups in total. The minimum Gasteiger partial charge on any atom is -0.379 e. The SMILES string of the molecule is CCCCCCCCCCCCCCCCCCOCCOCCOCCOCCOCCOCCOCCOCCOCCOCC(C)CC.